The smallest absolute Gasteiger partial charge is 0.169 e. The van der Waals surface area contributed by atoms with E-state index in [1.807, 2.05) is 60.7 Å². The van der Waals surface area contributed by atoms with E-state index in [4.69, 9.17) is 9.47 Å². The molecule has 0 radical (unpaired) electrons. The highest BCUT2D eigenvalue weighted by Crippen LogP contribution is 2.39. The molecule has 0 saturated carbocycles. The topological polar surface area (TPSA) is 38.7 Å². The highest BCUT2D eigenvalue weighted by atomic mass is 79.9. The van der Waals surface area contributed by atoms with E-state index in [1.165, 1.54) is 0 Å². The fourth-order valence-electron chi connectivity index (χ4n) is 2.10. The van der Waals surface area contributed by atoms with Crippen LogP contribution in [0.4, 0.5) is 0 Å². The number of phenolic OH excluding ortho intramolecular Hbond substituents is 1. The van der Waals surface area contributed by atoms with Gasteiger partial charge in [0, 0.05) is 17.0 Å². The fourth-order valence-corrected chi connectivity index (χ4v) is 2.54. The highest BCUT2D eigenvalue weighted by Gasteiger charge is 2.12. The standard InChI is InChI=1S/C19H15BrO3/c20-13-14-11-19(23-16-9-5-2-6-10-16)17(21)12-18(14)22-15-7-3-1-4-8-15/h1-12,21H,13H2. The Morgan fingerprint density at radius 2 is 1.26 bits per heavy atom. The summed E-state index contributed by atoms with van der Waals surface area (Å²) in [5.74, 6) is 2.40. The van der Waals surface area contributed by atoms with Gasteiger partial charge >= 0.3 is 0 Å². The first-order valence-corrected chi connectivity index (χ1v) is 8.26. The molecule has 4 heteroatoms. The minimum absolute atomic E-state index is 0.0319. The molecule has 0 amide bonds. The van der Waals surface area contributed by atoms with E-state index >= 15 is 0 Å². The van der Waals surface area contributed by atoms with Gasteiger partial charge in [-0.05, 0) is 30.3 Å². The Labute approximate surface area is 143 Å². The zero-order valence-electron chi connectivity index (χ0n) is 12.3. The van der Waals surface area contributed by atoms with E-state index in [2.05, 4.69) is 15.9 Å². The Balaban J connectivity index is 1.89. The van der Waals surface area contributed by atoms with Crippen molar-refractivity contribution in [1.82, 2.24) is 0 Å². The molecule has 23 heavy (non-hydrogen) atoms. The van der Waals surface area contributed by atoms with E-state index in [1.54, 1.807) is 12.1 Å². The lowest BCUT2D eigenvalue weighted by atomic mass is 10.2. The lowest BCUT2D eigenvalue weighted by molar-refractivity contribution is 0.403. The minimum Gasteiger partial charge on any atom is -0.504 e. The van der Waals surface area contributed by atoms with Crippen LogP contribution in [-0.2, 0) is 5.33 Å². The predicted octanol–water partition coefficient (Wildman–Crippen LogP) is 5.87. The molecule has 0 heterocycles. The molecule has 3 nitrogen and oxygen atoms in total. The van der Waals surface area contributed by atoms with Crippen LogP contribution in [0.25, 0.3) is 0 Å². The lowest BCUT2D eigenvalue weighted by Gasteiger charge is -2.14. The van der Waals surface area contributed by atoms with Gasteiger partial charge in [-0.1, -0.05) is 52.3 Å². The van der Waals surface area contributed by atoms with Crippen LogP contribution < -0.4 is 9.47 Å². The molecule has 0 aliphatic heterocycles. The largest absolute Gasteiger partial charge is 0.504 e. The van der Waals surface area contributed by atoms with Crippen molar-refractivity contribution in [2.75, 3.05) is 0 Å². The van der Waals surface area contributed by atoms with Gasteiger partial charge < -0.3 is 14.6 Å². The Hall–Kier alpha value is -2.46. The quantitative estimate of drug-likeness (QED) is 0.570. The van der Waals surface area contributed by atoms with Gasteiger partial charge in [0.1, 0.15) is 17.2 Å². The fraction of sp³-hybridized carbons (Fsp3) is 0.0526. The number of hydrogen-bond donors (Lipinski definition) is 1. The van der Waals surface area contributed by atoms with Crippen molar-refractivity contribution in [2.45, 2.75) is 5.33 Å². The van der Waals surface area contributed by atoms with Crippen molar-refractivity contribution in [2.24, 2.45) is 0 Å². The maximum Gasteiger partial charge on any atom is 0.169 e. The molecule has 0 aliphatic carbocycles. The van der Waals surface area contributed by atoms with Crippen LogP contribution in [0.2, 0.25) is 0 Å². The van der Waals surface area contributed by atoms with Gasteiger partial charge in [0.05, 0.1) is 0 Å². The number of phenols is 1. The Kier molecular flexibility index (Phi) is 4.83. The first-order valence-electron chi connectivity index (χ1n) is 7.14. The number of para-hydroxylation sites is 2. The molecule has 0 spiro atoms. The summed E-state index contributed by atoms with van der Waals surface area (Å²) in [6.45, 7) is 0. The van der Waals surface area contributed by atoms with Crippen LogP contribution >= 0.6 is 15.9 Å². The third-order valence-electron chi connectivity index (χ3n) is 3.23. The summed E-state index contributed by atoms with van der Waals surface area (Å²) >= 11 is 3.45. The molecule has 1 N–H and O–H groups in total. The molecule has 0 fully saturated rings. The first kappa shape index (κ1) is 15.4. The number of ether oxygens (including phenoxy) is 2. The Morgan fingerprint density at radius 1 is 0.739 bits per heavy atom. The summed E-state index contributed by atoms with van der Waals surface area (Å²) in [6.07, 6.45) is 0. The third-order valence-corrected chi connectivity index (χ3v) is 3.83. The molecule has 0 aromatic heterocycles. The van der Waals surface area contributed by atoms with Crippen molar-refractivity contribution in [1.29, 1.82) is 0 Å². The van der Waals surface area contributed by atoms with Crippen LogP contribution in [0.1, 0.15) is 5.56 Å². The summed E-state index contributed by atoms with van der Waals surface area (Å²) in [4.78, 5) is 0. The summed E-state index contributed by atoms with van der Waals surface area (Å²) in [5, 5.41) is 10.8. The molecule has 3 aromatic carbocycles. The SMILES string of the molecule is Oc1cc(Oc2ccccc2)c(CBr)cc1Oc1ccccc1. The van der Waals surface area contributed by atoms with Crippen LogP contribution in [0.3, 0.4) is 0 Å². The number of rotatable bonds is 5. The van der Waals surface area contributed by atoms with Crippen molar-refractivity contribution in [3.63, 3.8) is 0 Å². The molecular formula is C19H15BrO3. The number of aromatic hydroxyl groups is 1. The summed E-state index contributed by atoms with van der Waals surface area (Å²) in [7, 11) is 0. The second kappa shape index (κ2) is 7.20. The van der Waals surface area contributed by atoms with Crippen molar-refractivity contribution >= 4 is 15.9 Å². The van der Waals surface area contributed by atoms with Crippen LogP contribution in [-0.4, -0.2) is 5.11 Å². The summed E-state index contributed by atoms with van der Waals surface area (Å²) in [5.41, 5.74) is 0.887. The lowest BCUT2D eigenvalue weighted by Crippen LogP contribution is -1.92. The van der Waals surface area contributed by atoms with Crippen molar-refractivity contribution in [3.05, 3.63) is 78.4 Å². The summed E-state index contributed by atoms with van der Waals surface area (Å²) in [6, 6.07) is 22.1. The van der Waals surface area contributed by atoms with E-state index in [0.717, 1.165) is 5.56 Å². The molecule has 0 atom stereocenters. The minimum atomic E-state index is 0.0319. The number of benzene rings is 3. The Morgan fingerprint density at radius 3 is 1.78 bits per heavy atom. The van der Waals surface area contributed by atoms with Crippen LogP contribution in [0.5, 0.6) is 28.7 Å². The van der Waals surface area contributed by atoms with Crippen molar-refractivity contribution < 1.29 is 14.6 Å². The van der Waals surface area contributed by atoms with Crippen LogP contribution in [0.15, 0.2) is 72.8 Å². The maximum atomic E-state index is 10.2. The van der Waals surface area contributed by atoms with E-state index in [9.17, 15) is 5.11 Å². The Bertz CT molecular complexity index is 773. The molecule has 0 saturated heterocycles. The first-order chi connectivity index (χ1) is 11.3. The maximum absolute atomic E-state index is 10.2. The number of alkyl halides is 1. The molecule has 3 rings (SSSR count). The van der Waals surface area contributed by atoms with E-state index in [0.29, 0.717) is 28.3 Å². The molecule has 116 valence electrons. The van der Waals surface area contributed by atoms with Gasteiger partial charge in [0.25, 0.3) is 0 Å². The zero-order chi connectivity index (χ0) is 16.1. The monoisotopic (exact) mass is 370 g/mol. The number of hydrogen-bond acceptors (Lipinski definition) is 3. The summed E-state index contributed by atoms with van der Waals surface area (Å²) < 4.78 is 11.6. The number of halogens is 1. The van der Waals surface area contributed by atoms with Gasteiger partial charge in [-0.3, -0.25) is 0 Å². The average Bonchev–Trinajstić information content (AvgIpc) is 2.59. The van der Waals surface area contributed by atoms with Gasteiger partial charge in [-0.2, -0.15) is 0 Å². The van der Waals surface area contributed by atoms with Gasteiger partial charge in [0.2, 0.25) is 0 Å². The van der Waals surface area contributed by atoms with Crippen LogP contribution in [0, 0.1) is 0 Å². The van der Waals surface area contributed by atoms with Gasteiger partial charge in [0.15, 0.2) is 11.5 Å². The second-order valence-electron chi connectivity index (χ2n) is 4.89. The van der Waals surface area contributed by atoms with Gasteiger partial charge in [-0.25, -0.2) is 0 Å². The molecule has 3 aromatic rings. The van der Waals surface area contributed by atoms with E-state index in [-0.39, 0.29) is 5.75 Å². The normalized spacial score (nSPS) is 10.3. The van der Waals surface area contributed by atoms with E-state index < -0.39 is 0 Å². The van der Waals surface area contributed by atoms with Crippen molar-refractivity contribution in [3.8, 4) is 28.7 Å². The third kappa shape index (κ3) is 3.85. The zero-order valence-corrected chi connectivity index (χ0v) is 13.9. The molecule has 0 unspecified atom stereocenters. The second-order valence-corrected chi connectivity index (χ2v) is 5.45. The molecule has 0 bridgehead atoms. The molecular weight excluding hydrogens is 356 g/mol. The molecule has 0 aliphatic rings. The van der Waals surface area contributed by atoms with Gasteiger partial charge in [-0.15, -0.1) is 0 Å². The highest BCUT2D eigenvalue weighted by molar-refractivity contribution is 9.08. The average molecular weight is 371 g/mol. The predicted molar refractivity (Wildman–Crippen MR) is 93.8 cm³/mol.